The zero-order chi connectivity index (χ0) is 22.1. The fraction of sp³-hybridized carbons (Fsp3) is 0.318. The summed E-state index contributed by atoms with van der Waals surface area (Å²) in [4.78, 5) is 24.3. The molecule has 160 valence electrons. The Morgan fingerprint density at radius 1 is 1.10 bits per heavy atom. The average molecular weight is 430 g/mol. The summed E-state index contributed by atoms with van der Waals surface area (Å²) in [6, 6.07) is 12.4. The van der Waals surface area contributed by atoms with E-state index in [2.05, 4.69) is 16.2 Å². The van der Waals surface area contributed by atoms with Crippen molar-refractivity contribution in [1.82, 2.24) is 16.2 Å². The van der Waals surface area contributed by atoms with Crippen LogP contribution in [0.25, 0.3) is 0 Å². The molecule has 0 heterocycles. The van der Waals surface area contributed by atoms with E-state index < -0.39 is 11.8 Å². The van der Waals surface area contributed by atoms with E-state index in [-0.39, 0.29) is 17.8 Å². The smallest absolute Gasteiger partial charge is 0.276 e. The fourth-order valence-electron chi connectivity index (χ4n) is 2.42. The molecule has 0 aliphatic heterocycles. The number of hydrazine groups is 1. The number of aryl methyl sites for hydroxylation is 1. The summed E-state index contributed by atoms with van der Waals surface area (Å²) in [5.74, 6) is 0.396. The van der Waals surface area contributed by atoms with Crippen LogP contribution in [0.3, 0.4) is 0 Å². The predicted octanol–water partition coefficient (Wildman–Crippen LogP) is 3.20. The van der Waals surface area contributed by atoms with E-state index in [4.69, 9.17) is 21.7 Å². The highest BCUT2D eigenvalue weighted by atomic mass is 32.1. The van der Waals surface area contributed by atoms with Gasteiger partial charge < -0.3 is 9.47 Å². The first-order valence-corrected chi connectivity index (χ1v) is 10.1. The lowest BCUT2D eigenvalue weighted by molar-refractivity contribution is -0.123. The van der Waals surface area contributed by atoms with Gasteiger partial charge >= 0.3 is 0 Å². The molecular formula is C22H27N3O4S. The maximum atomic E-state index is 12.4. The molecule has 7 nitrogen and oxygen atoms in total. The van der Waals surface area contributed by atoms with E-state index in [9.17, 15) is 9.59 Å². The number of amides is 2. The summed E-state index contributed by atoms with van der Waals surface area (Å²) >= 11 is 5.06. The van der Waals surface area contributed by atoms with E-state index in [0.717, 1.165) is 17.5 Å². The highest BCUT2D eigenvalue weighted by Crippen LogP contribution is 2.20. The molecule has 3 N–H and O–H groups in total. The molecule has 0 saturated carbocycles. The zero-order valence-corrected chi connectivity index (χ0v) is 18.4. The van der Waals surface area contributed by atoms with E-state index >= 15 is 0 Å². The number of hydrogen-bond donors (Lipinski definition) is 3. The average Bonchev–Trinajstić information content (AvgIpc) is 2.73. The number of hydrogen-bond acceptors (Lipinski definition) is 5. The first kappa shape index (κ1) is 23.2. The van der Waals surface area contributed by atoms with Crippen molar-refractivity contribution in [3.8, 4) is 11.5 Å². The third-order valence-electron chi connectivity index (χ3n) is 4.46. The van der Waals surface area contributed by atoms with Crippen molar-refractivity contribution >= 4 is 29.1 Å². The Morgan fingerprint density at radius 2 is 1.83 bits per heavy atom. The SMILES string of the molecule is CCC(C)Oc1cccc(C(=O)NC(=S)NNC(=O)COc2cccc(C)c2C)c1. The van der Waals surface area contributed by atoms with Gasteiger partial charge in [-0.05, 0) is 74.8 Å². The van der Waals surface area contributed by atoms with Crippen LogP contribution >= 0.6 is 12.2 Å². The van der Waals surface area contributed by atoms with Gasteiger partial charge in [-0.1, -0.05) is 25.1 Å². The molecule has 0 saturated heterocycles. The molecule has 0 bridgehead atoms. The van der Waals surface area contributed by atoms with Crippen LogP contribution < -0.4 is 25.6 Å². The van der Waals surface area contributed by atoms with E-state index in [0.29, 0.717) is 17.1 Å². The summed E-state index contributed by atoms with van der Waals surface area (Å²) in [6.45, 7) is 7.68. The third kappa shape index (κ3) is 7.04. The second-order valence-electron chi connectivity index (χ2n) is 6.81. The Balaban J connectivity index is 1.80. The molecule has 0 aliphatic rings. The highest BCUT2D eigenvalue weighted by molar-refractivity contribution is 7.80. The standard InChI is InChI=1S/C22H27N3O4S/c1-5-15(3)29-18-10-7-9-17(12-18)21(27)23-22(30)25-24-20(26)13-28-19-11-6-8-14(2)16(19)4/h6-12,15H,5,13H2,1-4H3,(H,24,26)(H2,23,25,27,30). The Bertz CT molecular complexity index is 917. The largest absolute Gasteiger partial charge is 0.491 e. The van der Waals surface area contributed by atoms with Crippen LogP contribution in [0.15, 0.2) is 42.5 Å². The summed E-state index contributed by atoms with van der Waals surface area (Å²) in [5, 5.41) is 2.47. The minimum atomic E-state index is -0.434. The molecule has 2 aromatic carbocycles. The lowest BCUT2D eigenvalue weighted by Crippen LogP contribution is -2.49. The molecule has 2 aromatic rings. The van der Waals surface area contributed by atoms with Crippen molar-refractivity contribution in [3.63, 3.8) is 0 Å². The number of nitrogens with one attached hydrogen (secondary N) is 3. The van der Waals surface area contributed by atoms with Gasteiger partial charge in [0.25, 0.3) is 11.8 Å². The number of rotatable bonds is 7. The van der Waals surface area contributed by atoms with E-state index in [1.54, 1.807) is 30.3 Å². The molecule has 0 aliphatic carbocycles. The molecule has 0 radical (unpaired) electrons. The Kier molecular flexibility index (Phi) is 8.61. The van der Waals surface area contributed by atoms with Gasteiger partial charge in [0.1, 0.15) is 11.5 Å². The molecule has 2 amide bonds. The molecule has 8 heteroatoms. The highest BCUT2D eigenvalue weighted by Gasteiger charge is 2.11. The van der Waals surface area contributed by atoms with Gasteiger partial charge in [0, 0.05) is 5.56 Å². The molecule has 1 unspecified atom stereocenters. The van der Waals surface area contributed by atoms with Gasteiger partial charge in [0.05, 0.1) is 6.10 Å². The van der Waals surface area contributed by atoms with Gasteiger partial charge in [-0.3, -0.25) is 25.8 Å². The second-order valence-corrected chi connectivity index (χ2v) is 7.22. The summed E-state index contributed by atoms with van der Waals surface area (Å²) in [6.07, 6.45) is 0.907. The van der Waals surface area contributed by atoms with E-state index in [1.165, 1.54) is 0 Å². The first-order chi connectivity index (χ1) is 14.3. The van der Waals surface area contributed by atoms with Crippen molar-refractivity contribution < 1.29 is 19.1 Å². The lowest BCUT2D eigenvalue weighted by Gasteiger charge is -2.14. The van der Waals surface area contributed by atoms with Crippen LogP contribution in [0.1, 0.15) is 41.8 Å². The van der Waals surface area contributed by atoms with Crippen molar-refractivity contribution in [2.45, 2.75) is 40.2 Å². The minimum absolute atomic E-state index is 0.0340. The van der Waals surface area contributed by atoms with Crippen LogP contribution in [-0.4, -0.2) is 29.6 Å². The van der Waals surface area contributed by atoms with Crippen molar-refractivity contribution in [2.75, 3.05) is 6.61 Å². The van der Waals surface area contributed by atoms with Crippen molar-refractivity contribution in [2.24, 2.45) is 0 Å². The molecule has 0 aromatic heterocycles. The normalized spacial score (nSPS) is 11.2. The van der Waals surface area contributed by atoms with Crippen molar-refractivity contribution in [1.29, 1.82) is 0 Å². The molecule has 0 fully saturated rings. The van der Waals surface area contributed by atoms with Gasteiger partial charge in [0.2, 0.25) is 0 Å². The van der Waals surface area contributed by atoms with Crippen molar-refractivity contribution in [3.05, 3.63) is 59.2 Å². The lowest BCUT2D eigenvalue weighted by atomic mass is 10.1. The fourth-order valence-corrected chi connectivity index (χ4v) is 2.56. The maximum absolute atomic E-state index is 12.4. The summed E-state index contributed by atoms with van der Waals surface area (Å²) in [5.41, 5.74) is 7.33. The molecular weight excluding hydrogens is 402 g/mol. The summed E-state index contributed by atoms with van der Waals surface area (Å²) < 4.78 is 11.2. The minimum Gasteiger partial charge on any atom is -0.491 e. The number of carbonyl (C=O) groups is 2. The second kappa shape index (κ2) is 11.2. The topological polar surface area (TPSA) is 88.7 Å². The van der Waals surface area contributed by atoms with Gasteiger partial charge in [-0.15, -0.1) is 0 Å². The number of benzene rings is 2. The van der Waals surface area contributed by atoms with Crippen LogP contribution in [-0.2, 0) is 4.79 Å². The zero-order valence-electron chi connectivity index (χ0n) is 17.6. The van der Waals surface area contributed by atoms with Gasteiger partial charge in [-0.2, -0.15) is 0 Å². The summed E-state index contributed by atoms with van der Waals surface area (Å²) in [7, 11) is 0. The van der Waals surface area contributed by atoms with Crippen LogP contribution in [0.5, 0.6) is 11.5 Å². The predicted molar refractivity (Wildman–Crippen MR) is 120 cm³/mol. The first-order valence-electron chi connectivity index (χ1n) is 9.66. The Labute approximate surface area is 182 Å². The van der Waals surface area contributed by atoms with Crippen LogP contribution in [0, 0.1) is 13.8 Å². The Hall–Kier alpha value is -3.13. The molecule has 30 heavy (non-hydrogen) atoms. The molecule has 2 rings (SSSR count). The maximum Gasteiger partial charge on any atom is 0.276 e. The monoisotopic (exact) mass is 429 g/mol. The number of ether oxygens (including phenoxy) is 2. The van der Waals surface area contributed by atoms with Gasteiger partial charge in [0.15, 0.2) is 11.7 Å². The van der Waals surface area contributed by atoms with Crippen LogP contribution in [0.2, 0.25) is 0 Å². The van der Waals surface area contributed by atoms with Crippen LogP contribution in [0.4, 0.5) is 0 Å². The quantitative estimate of drug-likeness (QED) is 0.463. The molecule has 1 atom stereocenters. The van der Waals surface area contributed by atoms with E-state index in [1.807, 2.05) is 39.8 Å². The Morgan fingerprint density at radius 3 is 2.57 bits per heavy atom. The third-order valence-corrected chi connectivity index (χ3v) is 4.67. The number of carbonyl (C=O) groups excluding carboxylic acids is 2. The number of thiocarbonyl (C=S) groups is 1. The van der Waals surface area contributed by atoms with Gasteiger partial charge in [-0.25, -0.2) is 0 Å². The molecule has 0 spiro atoms.